The van der Waals surface area contributed by atoms with Crippen LogP contribution in [0.5, 0.6) is 11.5 Å². The number of phenols is 2. The van der Waals surface area contributed by atoms with Crippen LogP contribution < -0.4 is 0 Å². The highest BCUT2D eigenvalue weighted by Crippen LogP contribution is 2.46. The van der Waals surface area contributed by atoms with E-state index in [4.69, 9.17) is 14.2 Å². The van der Waals surface area contributed by atoms with Gasteiger partial charge in [0.15, 0.2) is 23.4 Å². The molecule has 2 aliphatic rings. The van der Waals surface area contributed by atoms with E-state index in [1.807, 2.05) is 0 Å². The molecule has 1 aromatic rings. The summed E-state index contributed by atoms with van der Waals surface area (Å²) in [5, 5.41) is 18.8. The van der Waals surface area contributed by atoms with Crippen molar-refractivity contribution in [1.29, 1.82) is 0 Å². The molecule has 5 atom stereocenters. The minimum atomic E-state index is -1.03. The van der Waals surface area contributed by atoms with Crippen molar-refractivity contribution < 1.29 is 43.6 Å². The van der Waals surface area contributed by atoms with Crippen molar-refractivity contribution in [3.05, 3.63) is 42.0 Å². The summed E-state index contributed by atoms with van der Waals surface area (Å²) in [7, 11) is 0. The van der Waals surface area contributed by atoms with Gasteiger partial charge in [0, 0.05) is 37.3 Å². The van der Waals surface area contributed by atoms with E-state index in [1.165, 1.54) is 44.2 Å². The highest BCUT2D eigenvalue weighted by molar-refractivity contribution is 5.93. The van der Waals surface area contributed by atoms with Gasteiger partial charge in [-0.2, -0.15) is 0 Å². The number of hydrogen-bond acceptors (Lipinski definition) is 9. The van der Waals surface area contributed by atoms with Crippen LogP contribution in [0.15, 0.2) is 36.4 Å². The summed E-state index contributed by atoms with van der Waals surface area (Å²) < 4.78 is 15.8. The Labute approximate surface area is 184 Å². The van der Waals surface area contributed by atoms with Crippen LogP contribution >= 0.6 is 0 Å². The molecule has 3 rings (SSSR count). The molecule has 1 aliphatic heterocycles. The van der Waals surface area contributed by atoms with E-state index in [-0.39, 0.29) is 23.2 Å². The van der Waals surface area contributed by atoms with E-state index in [0.717, 1.165) is 6.08 Å². The molecule has 0 bridgehead atoms. The van der Waals surface area contributed by atoms with Gasteiger partial charge in [-0.25, -0.2) is 9.59 Å². The number of esters is 3. The number of carbonyl (C=O) groups excluding carboxylic acids is 4. The van der Waals surface area contributed by atoms with Gasteiger partial charge in [0.2, 0.25) is 0 Å². The molecule has 2 N–H and O–H groups in total. The number of cyclic esters (lactones) is 1. The topological polar surface area (TPSA) is 136 Å². The normalized spacial score (nSPS) is 23.8. The number of Topliss-reactive ketones (excluding diaryl/α,β-unsaturated/α-hetero) is 1. The molecule has 1 aliphatic carbocycles. The largest absolute Gasteiger partial charge is 0.504 e. The fourth-order valence-electron chi connectivity index (χ4n) is 3.65. The third-order valence-electron chi connectivity index (χ3n) is 5.29. The monoisotopic (exact) mass is 444 g/mol. The van der Waals surface area contributed by atoms with Crippen LogP contribution in [0.3, 0.4) is 0 Å². The third-order valence-corrected chi connectivity index (χ3v) is 5.29. The predicted octanol–water partition coefficient (Wildman–Crippen LogP) is 2.05. The van der Waals surface area contributed by atoms with Gasteiger partial charge >= 0.3 is 17.9 Å². The molecule has 0 spiro atoms. The lowest BCUT2D eigenvalue weighted by Crippen LogP contribution is -2.38. The Balaban J connectivity index is 1.57. The lowest BCUT2D eigenvalue weighted by molar-refractivity contribution is -0.167. The highest BCUT2D eigenvalue weighted by Gasteiger charge is 2.53. The first kappa shape index (κ1) is 23.1. The van der Waals surface area contributed by atoms with E-state index in [1.54, 1.807) is 6.08 Å². The SMILES string of the molecule is CC(=O)O[C@@H]([C@H]1C[C@@H]1C(=O)C(C)OC(=O)/C=C/c1ccc(O)c(O)c1)[C@H]1CC=CC(=O)O1. The Hall–Kier alpha value is -3.62. The Morgan fingerprint density at radius 2 is 1.94 bits per heavy atom. The maximum Gasteiger partial charge on any atom is 0.331 e. The smallest absolute Gasteiger partial charge is 0.331 e. The number of ether oxygens (including phenoxy) is 3. The minimum Gasteiger partial charge on any atom is -0.504 e. The second-order valence-corrected chi connectivity index (χ2v) is 7.76. The van der Waals surface area contributed by atoms with E-state index in [0.29, 0.717) is 18.4 Å². The molecule has 32 heavy (non-hydrogen) atoms. The van der Waals surface area contributed by atoms with Crippen LogP contribution in [-0.2, 0) is 33.4 Å². The van der Waals surface area contributed by atoms with Gasteiger partial charge in [0.25, 0.3) is 0 Å². The van der Waals surface area contributed by atoms with Crippen molar-refractivity contribution in [3.8, 4) is 11.5 Å². The molecule has 0 amide bonds. The molecule has 0 saturated heterocycles. The lowest BCUT2D eigenvalue weighted by Gasteiger charge is -2.27. The predicted molar refractivity (Wildman–Crippen MR) is 110 cm³/mol. The fourth-order valence-corrected chi connectivity index (χ4v) is 3.65. The van der Waals surface area contributed by atoms with Gasteiger partial charge in [0.05, 0.1) is 0 Å². The highest BCUT2D eigenvalue weighted by atomic mass is 16.6. The molecule has 1 aromatic carbocycles. The van der Waals surface area contributed by atoms with Crippen molar-refractivity contribution in [2.75, 3.05) is 0 Å². The van der Waals surface area contributed by atoms with E-state index < -0.39 is 42.1 Å². The second kappa shape index (κ2) is 9.67. The number of rotatable bonds is 8. The summed E-state index contributed by atoms with van der Waals surface area (Å²) in [5.41, 5.74) is 0.457. The molecule has 1 saturated carbocycles. The molecule has 9 heteroatoms. The number of aromatic hydroxyl groups is 2. The van der Waals surface area contributed by atoms with Crippen LogP contribution in [0.4, 0.5) is 0 Å². The average Bonchev–Trinajstić information content (AvgIpc) is 3.52. The van der Waals surface area contributed by atoms with Crippen LogP contribution in [-0.4, -0.2) is 52.2 Å². The zero-order valence-electron chi connectivity index (χ0n) is 17.6. The number of ketones is 1. The van der Waals surface area contributed by atoms with Gasteiger partial charge < -0.3 is 24.4 Å². The van der Waals surface area contributed by atoms with E-state index in [2.05, 4.69) is 0 Å². The first-order chi connectivity index (χ1) is 15.2. The molecule has 1 heterocycles. The maximum atomic E-state index is 12.7. The number of hydrogen-bond donors (Lipinski definition) is 2. The summed E-state index contributed by atoms with van der Waals surface area (Å²) >= 11 is 0. The van der Waals surface area contributed by atoms with Gasteiger partial charge in [-0.05, 0) is 37.1 Å². The number of carbonyl (C=O) groups is 4. The van der Waals surface area contributed by atoms with Crippen molar-refractivity contribution in [2.45, 2.75) is 45.0 Å². The van der Waals surface area contributed by atoms with Gasteiger partial charge in [-0.3, -0.25) is 9.59 Å². The van der Waals surface area contributed by atoms with Gasteiger partial charge in [-0.15, -0.1) is 0 Å². The summed E-state index contributed by atoms with van der Waals surface area (Å²) in [6.07, 6.45) is 3.78. The van der Waals surface area contributed by atoms with Crippen molar-refractivity contribution in [3.63, 3.8) is 0 Å². The summed E-state index contributed by atoms with van der Waals surface area (Å²) in [4.78, 5) is 47.9. The Morgan fingerprint density at radius 3 is 2.59 bits per heavy atom. The van der Waals surface area contributed by atoms with Crippen molar-refractivity contribution in [2.24, 2.45) is 11.8 Å². The molecule has 0 radical (unpaired) electrons. The summed E-state index contributed by atoms with van der Waals surface area (Å²) in [5.74, 6) is -3.55. The fraction of sp³-hybridized carbons (Fsp3) is 0.391. The Bertz CT molecular complexity index is 978. The standard InChI is InChI=1S/C23H24O9/c1-12(30-21(28)9-7-14-6-8-17(25)18(26)10-14)22(29)15-11-16(15)23(31-13(2)24)19-4-3-5-20(27)32-19/h3,5-10,12,15-16,19,23,25-26H,4,11H2,1-2H3/b9-7+/t12?,15-,16-,19+,23-/m0/s1. The van der Waals surface area contributed by atoms with Crippen LogP contribution in [0, 0.1) is 11.8 Å². The zero-order chi connectivity index (χ0) is 23.4. The summed E-state index contributed by atoms with van der Waals surface area (Å²) in [6, 6.07) is 4.04. The van der Waals surface area contributed by atoms with Crippen LogP contribution in [0.25, 0.3) is 6.08 Å². The molecular formula is C23H24O9. The first-order valence-electron chi connectivity index (χ1n) is 10.1. The quantitative estimate of drug-likeness (QED) is 0.267. The van der Waals surface area contributed by atoms with Crippen molar-refractivity contribution >= 4 is 29.8 Å². The Kier molecular flexibility index (Phi) is 6.97. The summed E-state index contributed by atoms with van der Waals surface area (Å²) in [6.45, 7) is 2.71. The van der Waals surface area contributed by atoms with Crippen LogP contribution in [0.1, 0.15) is 32.3 Å². The molecule has 170 valence electrons. The van der Waals surface area contributed by atoms with Crippen molar-refractivity contribution in [1.82, 2.24) is 0 Å². The van der Waals surface area contributed by atoms with Gasteiger partial charge in [-0.1, -0.05) is 12.1 Å². The Morgan fingerprint density at radius 1 is 1.19 bits per heavy atom. The molecule has 9 nitrogen and oxygen atoms in total. The first-order valence-corrected chi connectivity index (χ1v) is 10.1. The van der Waals surface area contributed by atoms with E-state index >= 15 is 0 Å². The average molecular weight is 444 g/mol. The van der Waals surface area contributed by atoms with E-state index in [9.17, 15) is 29.4 Å². The molecule has 0 aromatic heterocycles. The maximum absolute atomic E-state index is 12.7. The van der Waals surface area contributed by atoms with Crippen LogP contribution in [0.2, 0.25) is 0 Å². The third kappa shape index (κ3) is 5.75. The number of benzene rings is 1. The van der Waals surface area contributed by atoms with Gasteiger partial charge in [0.1, 0.15) is 12.2 Å². The molecule has 1 fully saturated rings. The minimum absolute atomic E-state index is 0.283. The zero-order valence-corrected chi connectivity index (χ0v) is 17.6. The molecule has 1 unspecified atom stereocenters. The second-order valence-electron chi connectivity index (χ2n) is 7.76. The lowest BCUT2D eigenvalue weighted by atomic mass is 10.0. The number of phenolic OH excluding ortho intramolecular Hbond substituents is 2. The molecular weight excluding hydrogens is 420 g/mol.